The van der Waals surface area contributed by atoms with E-state index in [1.165, 1.54) is 6.42 Å². The van der Waals surface area contributed by atoms with Crippen molar-refractivity contribution in [3.8, 4) is 0 Å². The molecule has 2 aliphatic heterocycles. The fraction of sp³-hybridized carbons (Fsp3) is 0.565. The first-order valence-electron chi connectivity index (χ1n) is 11.0. The molecule has 2 saturated heterocycles. The van der Waals surface area contributed by atoms with Gasteiger partial charge in [-0.1, -0.05) is 43.2 Å². The molecule has 2 heterocycles. The van der Waals surface area contributed by atoms with Gasteiger partial charge in [0.1, 0.15) is 12.1 Å². The molecule has 3 atom stereocenters. The molecule has 1 aliphatic carbocycles. The number of carbonyl (C=O) groups is 4. The zero-order valence-electron chi connectivity index (χ0n) is 17.8. The summed E-state index contributed by atoms with van der Waals surface area (Å²) in [5, 5.41) is 2.65. The highest BCUT2D eigenvalue weighted by molar-refractivity contribution is 6.08. The molecule has 8 nitrogen and oxygen atoms in total. The number of fused-ring (bicyclic) bond motifs is 1. The number of benzene rings is 1. The summed E-state index contributed by atoms with van der Waals surface area (Å²) < 4.78 is 5.17. The minimum Gasteiger partial charge on any atom is -0.454 e. The second-order valence-corrected chi connectivity index (χ2v) is 8.81. The molecule has 1 aromatic rings. The van der Waals surface area contributed by atoms with Crippen molar-refractivity contribution in [2.24, 2.45) is 5.92 Å². The van der Waals surface area contributed by atoms with E-state index in [-0.39, 0.29) is 18.6 Å². The number of nitrogens with one attached hydrogen (secondary N) is 1. The monoisotopic (exact) mass is 427 g/mol. The highest BCUT2D eigenvalue weighted by Gasteiger charge is 2.49. The van der Waals surface area contributed by atoms with Crippen molar-refractivity contribution in [2.45, 2.75) is 57.0 Å². The number of nitrogens with zero attached hydrogens (tertiary/aromatic N) is 2. The maximum absolute atomic E-state index is 12.9. The van der Waals surface area contributed by atoms with Crippen molar-refractivity contribution >= 4 is 23.8 Å². The highest BCUT2D eigenvalue weighted by Crippen LogP contribution is 2.35. The first kappa shape index (κ1) is 21.3. The fourth-order valence-corrected chi connectivity index (χ4v) is 5.14. The summed E-state index contributed by atoms with van der Waals surface area (Å²) in [4.78, 5) is 53.0. The van der Waals surface area contributed by atoms with Gasteiger partial charge in [0, 0.05) is 12.6 Å². The van der Waals surface area contributed by atoms with E-state index in [1.807, 2.05) is 11.0 Å². The number of esters is 1. The van der Waals surface area contributed by atoms with Crippen LogP contribution < -0.4 is 5.32 Å². The topological polar surface area (TPSA) is 96.0 Å². The van der Waals surface area contributed by atoms with Crippen molar-refractivity contribution in [1.29, 1.82) is 0 Å². The Balaban J connectivity index is 1.33. The zero-order valence-corrected chi connectivity index (χ0v) is 17.8. The quantitative estimate of drug-likeness (QED) is 0.574. The van der Waals surface area contributed by atoms with Gasteiger partial charge in [-0.25, -0.2) is 4.79 Å². The molecule has 0 radical (unpaired) electrons. The third kappa shape index (κ3) is 4.16. The zero-order chi connectivity index (χ0) is 22.0. The Morgan fingerprint density at radius 1 is 1.10 bits per heavy atom. The molecule has 0 bridgehead atoms. The summed E-state index contributed by atoms with van der Waals surface area (Å²) in [6.07, 6.45) is 6.62. The lowest BCUT2D eigenvalue weighted by Crippen LogP contribution is -2.51. The van der Waals surface area contributed by atoms with Crippen LogP contribution >= 0.6 is 0 Å². The van der Waals surface area contributed by atoms with Crippen molar-refractivity contribution < 1.29 is 23.9 Å². The second-order valence-electron chi connectivity index (χ2n) is 8.81. The summed E-state index contributed by atoms with van der Waals surface area (Å²) in [6, 6.07) is 8.45. The van der Waals surface area contributed by atoms with Crippen LogP contribution in [0.1, 0.15) is 51.0 Å². The first-order chi connectivity index (χ1) is 14.9. The van der Waals surface area contributed by atoms with Gasteiger partial charge in [-0.3, -0.25) is 19.3 Å². The number of carbonyl (C=O) groups excluding carboxylic acids is 4. The lowest BCUT2D eigenvalue weighted by atomic mass is 9.78. The number of hydrogen-bond acceptors (Lipinski definition) is 5. The molecule has 166 valence electrons. The Kier molecular flexibility index (Phi) is 5.98. The lowest BCUT2D eigenvalue weighted by molar-refractivity contribution is -0.156. The van der Waals surface area contributed by atoms with Gasteiger partial charge in [0.2, 0.25) is 0 Å². The Morgan fingerprint density at radius 2 is 1.81 bits per heavy atom. The van der Waals surface area contributed by atoms with Gasteiger partial charge in [-0.15, -0.1) is 0 Å². The van der Waals surface area contributed by atoms with Crippen LogP contribution in [0.5, 0.6) is 0 Å². The molecular weight excluding hydrogens is 398 g/mol. The largest absolute Gasteiger partial charge is 0.454 e. The molecule has 4 amide bonds. The van der Waals surface area contributed by atoms with Crippen LogP contribution in [-0.4, -0.2) is 59.4 Å². The predicted molar refractivity (Wildman–Crippen MR) is 112 cm³/mol. The molecule has 1 N–H and O–H groups in total. The average molecular weight is 428 g/mol. The number of urea groups is 1. The minimum absolute atomic E-state index is 0.198. The molecule has 0 spiro atoms. The van der Waals surface area contributed by atoms with Crippen LogP contribution in [0, 0.1) is 5.92 Å². The summed E-state index contributed by atoms with van der Waals surface area (Å²) in [5.74, 6) is -0.945. The van der Waals surface area contributed by atoms with E-state index in [0.717, 1.165) is 37.0 Å². The van der Waals surface area contributed by atoms with E-state index < -0.39 is 30.0 Å². The first-order valence-corrected chi connectivity index (χ1v) is 11.0. The van der Waals surface area contributed by atoms with Crippen molar-refractivity contribution in [2.75, 3.05) is 19.7 Å². The molecule has 0 aromatic heterocycles. The Labute approximate surface area is 181 Å². The van der Waals surface area contributed by atoms with Crippen LogP contribution in [0.4, 0.5) is 4.79 Å². The highest BCUT2D eigenvalue weighted by atomic mass is 16.5. The predicted octanol–water partition coefficient (Wildman–Crippen LogP) is 2.18. The molecule has 4 rings (SSSR count). The van der Waals surface area contributed by atoms with E-state index in [9.17, 15) is 19.2 Å². The van der Waals surface area contributed by atoms with E-state index in [2.05, 4.69) is 5.32 Å². The summed E-state index contributed by atoms with van der Waals surface area (Å²) in [5.41, 5.74) is -0.607. The molecule has 31 heavy (non-hydrogen) atoms. The van der Waals surface area contributed by atoms with Gasteiger partial charge in [0.05, 0.1) is 0 Å². The summed E-state index contributed by atoms with van der Waals surface area (Å²) in [7, 11) is 0. The number of likely N-dealkylation sites (tertiary alicyclic amines) is 1. The van der Waals surface area contributed by atoms with Crippen LogP contribution in [-0.2, 0) is 24.7 Å². The van der Waals surface area contributed by atoms with Crippen LogP contribution in [0.25, 0.3) is 0 Å². The Hall–Kier alpha value is -2.90. The minimum atomic E-state index is -1.24. The van der Waals surface area contributed by atoms with E-state index in [4.69, 9.17) is 4.74 Å². The van der Waals surface area contributed by atoms with E-state index in [1.54, 1.807) is 31.2 Å². The maximum Gasteiger partial charge on any atom is 0.326 e. The van der Waals surface area contributed by atoms with Gasteiger partial charge in [-0.05, 0) is 44.1 Å². The van der Waals surface area contributed by atoms with Crippen LogP contribution in [0.15, 0.2) is 30.3 Å². The number of ether oxygens (including phenoxy) is 1. The SMILES string of the molecule is C[C@]1(c2ccccc2)NC(=O)N(CC(=O)OCC(=O)N2CCC[C@@H]3CCCC[C@@H]32)C1=O. The molecule has 1 saturated carbocycles. The Bertz CT molecular complexity index is 871. The second kappa shape index (κ2) is 8.69. The number of piperidine rings is 1. The van der Waals surface area contributed by atoms with Crippen LogP contribution in [0.2, 0.25) is 0 Å². The molecule has 3 aliphatic rings. The number of amides is 4. The normalized spacial score (nSPS) is 28.2. The van der Waals surface area contributed by atoms with Gasteiger partial charge >= 0.3 is 12.0 Å². The van der Waals surface area contributed by atoms with Gasteiger partial charge in [0.25, 0.3) is 11.8 Å². The summed E-state index contributed by atoms with van der Waals surface area (Å²) >= 11 is 0. The smallest absolute Gasteiger partial charge is 0.326 e. The number of imide groups is 1. The Morgan fingerprint density at radius 3 is 2.58 bits per heavy atom. The van der Waals surface area contributed by atoms with Gasteiger partial charge in [-0.2, -0.15) is 0 Å². The van der Waals surface area contributed by atoms with Crippen molar-refractivity contribution in [3.63, 3.8) is 0 Å². The molecule has 1 aromatic carbocycles. The fourth-order valence-electron chi connectivity index (χ4n) is 5.14. The standard InChI is InChI=1S/C23H29N3O5/c1-23(17-10-3-2-4-11-17)21(29)26(22(30)24-23)14-20(28)31-15-19(27)25-13-7-9-16-8-5-6-12-18(16)25/h2-4,10-11,16,18H,5-9,12-15H2,1H3,(H,24,30)/t16-,18-,23+/m0/s1. The van der Waals surface area contributed by atoms with Crippen molar-refractivity contribution in [3.05, 3.63) is 35.9 Å². The molecule has 8 heteroatoms. The number of rotatable bonds is 5. The van der Waals surface area contributed by atoms with E-state index in [0.29, 0.717) is 18.0 Å². The van der Waals surface area contributed by atoms with Gasteiger partial charge < -0.3 is 15.0 Å². The van der Waals surface area contributed by atoms with Gasteiger partial charge in [0.15, 0.2) is 6.61 Å². The van der Waals surface area contributed by atoms with Crippen molar-refractivity contribution in [1.82, 2.24) is 15.1 Å². The molecule has 0 unspecified atom stereocenters. The summed E-state index contributed by atoms with van der Waals surface area (Å²) in [6.45, 7) is 1.42. The van der Waals surface area contributed by atoms with Crippen LogP contribution in [0.3, 0.4) is 0 Å². The maximum atomic E-state index is 12.9. The number of hydrogen-bond donors (Lipinski definition) is 1. The molecule has 3 fully saturated rings. The third-order valence-corrected chi connectivity index (χ3v) is 6.83. The molecular formula is C23H29N3O5. The van der Waals surface area contributed by atoms with E-state index >= 15 is 0 Å². The third-order valence-electron chi connectivity index (χ3n) is 6.83. The lowest BCUT2D eigenvalue weighted by Gasteiger charge is -2.44. The average Bonchev–Trinajstić information content (AvgIpc) is 3.01.